The molecule has 0 saturated heterocycles. The van der Waals surface area contributed by atoms with E-state index in [1.807, 2.05) is 35.0 Å². The Bertz CT molecular complexity index is 800. The third-order valence-electron chi connectivity index (χ3n) is 3.85. The molecule has 0 spiro atoms. The summed E-state index contributed by atoms with van der Waals surface area (Å²) in [4.78, 5) is 4.27. The fraction of sp³-hybridized carbons (Fsp3) is 0.200. The summed E-state index contributed by atoms with van der Waals surface area (Å²) in [6.07, 6.45) is 3.99. The van der Waals surface area contributed by atoms with Crippen LogP contribution in [0.25, 0.3) is 0 Å². The highest BCUT2D eigenvalue weighted by Gasteiger charge is 2.31. The number of nitrogens with one attached hydrogen (secondary N) is 1. The number of nitrogens with zero attached hydrogens (tertiary/aromatic N) is 3. The van der Waals surface area contributed by atoms with E-state index in [4.69, 9.17) is 27.6 Å². The lowest BCUT2D eigenvalue weighted by Gasteiger charge is -2.30. The molecular formula is C15H12Cl2N4O. The average molecular weight is 335 g/mol. The molecule has 1 aromatic carbocycles. The highest BCUT2D eigenvalue weighted by molar-refractivity contribution is 6.42. The molecule has 7 heteroatoms. The SMILES string of the molecule is Clc1ccc([C@@H]2C[C@H](c3ccco3)n3ncnc3N2)cc1Cl. The molecular weight excluding hydrogens is 323 g/mol. The molecule has 112 valence electrons. The van der Waals surface area contributed by atoms with Gasteiger partial charge in [0.15, 0.2) is 0 Å². The topological polar surface area (TPSA) is 55.9 Å². The lowest BCUT2D eigenvalue weighted by molar-refractivity contribution is 0.358. The zero-order valence-electron chi connectivity index (χ0n) is 11.4. The van der Waals surface area contributed by atoms with Crippen LogP contribution < -0.4 is 5.32 Å². The second-order valence-electron chi connectivity index (χ2n) is 5.17. The first kappa shape index (κ1) is 13.7. The normalized spacial score (nSPS) is 20.5. The molecule has 1 aliphatic rings. The van der Waals surface area contributed by atoms with E-state index in [0.29, 0.717) is 16.0 Å². The standard InChI is InChI=1S/C15H12Cl2N4O/c16-10-4-3-9(6-11(10)17)12-7-13(14-2-1-5-22-14)21-15(20-12)18-8-19-21/h1-6,8,12-13H,7H2,(H,18,19,20)/t12-,13+/m0/s1. The lowest BCUT2D eigenvalue weighted by Crippen LogP contribution is -2.27. The number of hydrogen-bond donors (Lipinski definition) is 1. The number of anilines is 1. The fourth-order valence-electron chi connectivity index (χ4n) is 2.79. The van der Waals surface area contributed by atoms with Crippen molar-refractivity contribution in [2.24, 2.45) is 0 Å². The minimum Gasteiger partial charge on any atom is -0.467 e. The zero-order chi connectivity index (χ0) is 15.1. The number of furan rings is 1. The molecule has 3 aromatic rings. The molecule has 0 bridgehead atoms. The van der Waals surface area contributed by atoms with Gasteiger partial charge in [-0.1, -0.05) is 29.3 Å². The van der Waals surface area contributed by atoms with Crippen LogP contribution in [-0.2, 0) is 0 Å². The molecule has 4 rings (SSSR count). The van der Waals surface area contributed by atoms with Gasteiger partial charge in [-0.25, -0.2) is 4.68 Å². The van der Waals surface area contributed by atoms with Crippen LogP contribution in [0.1, 0.15) is 29.8 Å². The Morgan fingerprint density at radius 2 is 2.14 bits per heavy atom. The van der Waals surface area contributed by atoms with Gasteiger partial charge in [0.05, 0.1) is 22.4 Å². The molecule has 1 aliphatic heterocycles. The maximum Gasteiger partial charge on any atom is 0.222 e. The van der Waals surface area contributed by atoms with Crippen LogP contribution in [0.2, 0.25) is 10.0 Å². The van der Waals surface area contributed by atoms with Crippen LogP contribution in [0.4, 0.5) is 5.95 Å². The number of rotatable bonds is 2. The van der Waals surface area contributed by atoms with Crippen molar-refractivity contribution in [3.8, 4) is 0 Å². The van der Waals surface area contributed by atoms with E-state index in [1.54, 1.807) is 6.26 Å². The van der Waals surface area contributed by atoms with Gasteiger partial charge in [-0.15, -0.1) is 0 Å². The predicted octanol–water partition coefficient (Wildman–Crippen LogP) is 4.32. The molecule has 2 atom stereocenters. The Kier molecular flexibility index (Phi) is 3.32. The van der Waals surface area contributed by atoms with Crippen molar-refractivity contribution in [1.82, 2.24) is 14.8 Å². The van der Waals surface area contributed by atoms with Gasteiger partial charge in [0, 0.05) is 6.42 Å². The molecule has 3 heterocycles. The summed E-state index contributed by atoms with van der Waals surface area (Å²) in [6, 6.07) is 9.54. The molecule has 22 heavy (non-hydrogen) atoms. The summed E-state index contributed by atoms with van der Waals surface area (Å²) in [5, 5.41) is 8.76. The summed E-state index contributed by atoms with van der Waals surface area (Å²) in [7, 11) is 0. The first-order valence-corrected chi connectivity index (χ1v) is 7.62. The summed E-state index contributed by atoms with van der Waals surface area (Å²) in [5.74, 6) is 1.57. The smallest absolute Gasteiger partial charge is 0.222 e. The number of benzene rings is 1. The van der Waals surface area contributed by atoms with Crippen molar-refractivity contribution in [2.75, 3.05) is 5.32 Å². The number of aromatic nitrogens is 3. The molecule has 0 aliphatic carbocycles. The van der Waals surface area contributed by atoms with Crippen LogP contribution in [0.3, 0.4) is 0 Å². The second kappa shape index (κ2) is 5.34. The molecule has 2 aromatic heterocycles. The van der Waals surface area contributed by atoms with Crippen molar-refractivity contribution in [1.29, 1.82) is 0 Å². The van der Waals surface area contributed by atoms with Gasteiger partial charge in [-0.3, -0.25) is 0 Å². The summed E-state index contributed by atoms with van der Waals surface area (Å²) in [5.41, 5.74) is 1.06. The summed E-state index contributed by atoms with van der Waals surface area (Å²) in [6.45, 7) is 0. The zero-order valence-corrected chi connectivity index (χ0v) is 12.9. The van der Waals surface area contributed by atoms with E-state index in [9.17, 15) is 0 Å². The lowest BCUT2D eigenvalue weighted by atomic mass is 9.96. The summed E-state index contributed by atoms with van der Waals surface area (Å²) >= 11 is 12.1. The Morgan fingerprint density at radius 3 is 2.91 bits per heavy atom. The van der Waals surface area contributed by atoms with Gasteiger partial charge in [0.25, 0.3) is 0 Å². The van der Waals surface area contributed by atoms with E-state index in [1.165, 1.54) is 6.33 Å². The van der Waals surface area contributed by atoms with Crippen LogP contribution >= 0.6 is 23.2 Å². The van der Waals surface area contributed by atoms with E-state index in [0.717, 1.165) is 17.7 Å². The third kappa shape index (κ3) is 2.26. The Hall–Kier alpha value is -1.98. The Labute approximate surface area is 136 Å². The van der Waals surface area contributed by atoms with Gasteiger partial charge in [0.1, 0.15) is 18.1 Å². The van der Waals surface area contributed by atoms with Crippen molar-refractivity contribution in [3.63, 3.8) is 0 Å². The molecule has 0 unspecified atom stereocenters. The van der Waals surface area contributed by atoms with Crippen LogP contribution in [0.5, 0.6) is 0 Å². The van der Waals surface area contributed by atoms with E-state index < -0.39 is 0 Å². The van der Waals surface area contributed by atoms with Crippen molar-refractivity contribution in [3.05, 3.63) is 64.3 Å². The first-order valence-electron chi connectivity index (χ1n) is 6.87. The fourth-order valence-corrected chi connectivity index (χ4v) is 3.09. The van der Waals surface area contributed by atoms with Crippen LogP contribution in [-0.4, -0.2) is 14.8 Å². The van der Waals surface area contributed by atoms with Gasteiger partial charge >= 0.3 is 0 Å². The van der Waals surface area contributed by atoms with Crippen LogP contribution in [0.15, 0.2) is 47.3 Å². The molecule has 1 N–H and O–H groups in total. The van der Waals surface area contributed by atoms with E-state index in [-0.39, 0.29) is 12.1 Å². The molecule has 5 nitrogen and oxygen atoms in total. The van der Waals surface area contributed by atoms with Crippen molar-refractivity contribution >= 4 is 29.2 Å². The third-order valence-corrected chi connectivity index (χ3v) is 4.59. The van der Waals surface area contributed by atoms with Crippen molar-refractivity contribution < 1.29 is 4.42 Å². The highest BCUT2D eigenvalue weighted by atomic mass is 35.5. The average Bonchev–Trinajstić information content (AvgIpc) is 3.19. The van der Waals surface area contributed by atoms with Gasteiger partial charge in [-0.2, -0.15) is 10.1 Å². The van der Waals surface area contributed by atoms with Crippen molar-refractivity contribution in [2.45, 2.75) is 18.5 Å². The van der Waals surface area contributed by atoms with E-state index in [2.05, 4.69) is 15.4 Å². The van der Waals surface area contributed by atoms with Crippen LogP contribution in [0, 0.1) is 0 Å². The summed E-state index contributed by atoms with van der Waals surface area (Å²) < 4.78 is 7.40. The quantitative estimate of drug-likeness (QED) is 0.758. The minimum atomic E-state index is -0.00629. The number of halogens is 2. The molecule has 0 radical (unpaired) electrons. The van der Waals surface area contributed by atoms with Gasteiger partial charge < -0.3 is 9.73 Å². The minimum absolute atomic E-state index is 0.00629. The second-order valence-corrected chi connectivity index (χ2v) is 5.98. The maximum atomic E-state index is 6.14. The molecule has 0 amide bonds. The number of fused-ring (bicyclic) bond motifs is 1. The molecule has 0 saturated carbocycles. The largest absolute Gasteiger partial charge is 0.467 e. The Morgan fingerprint density at radius 1 is 1.23 bits per heavy atom. The first-order chi connectivity index (χ1) is 10.7. The predicted molar refractivity (Wildman–Crippen MR) is 84.3 cm³/mol. The molecule has 0 fully saturated rings. The maximum absolute atomic E-state index is 6.14. The Balaban J connectivity index is 1.73. The highest BCUT2D eigenvalue weighted by Crippen LogP contribution is 2.38. The van der Waals surface area contributed by atoms with Gasteiger partial charge in [0.2, 0.25) is 5.95 Å². The monoisotopic (exact) mass is 334 g/mol. The van der Waals surface area contributed by atoms with E-state index >= 15 is 0 Å². The number of hydrogen-bond acceptors (Lipinski definition) is 4. The van der Waals surface area contributed by atoms with Gasteiger partial charge in [-0.05, 0) is 29.8 Å².